The number of benzene rings is 1. The molecule has 0 aromatic heterocycles. The maximum atomic E-state index is 11.6. The Morgan fingerprint density at radius 2 is 1.82 bits per heavy atom. The van der Waals surface area contributed by atoms with E-state index in [2.05, 4.69) is 0 Å². The van der Waals surface area contributed by atoms with Crippen LogP contribution in [-0.2, 0) is 9.53 Å². The van der Waals surface area contributed by atoms with Gasteiger partial charge in [0.15, 0.2) is 0 Å². The zero-order valence-electron chi connectivity index (χ0n) is 10.5. The van der Waals surface area contributed by atoms with Crippen molar-refractivity contribution in [2.75, 3.05) is 6.61 Å². The van der Waals surface area contributed by atoms with Gasteiger partial charge in [-0.3, -0.25) is 4.79 Å². The lowest BCUT2D eigenvalue weighted by Gasteiger charge is -2.11. The van der Waals surface area contributed by atoms with Crippen LogP contribution in [0.25, 0.3) is 0 Å². The molecule has 4 nitrogen and oxygen atoms in total. The Balaban J connectivity index is 3.10. The minimum absolute atomic E-state index is 0.336. The lowest BCUT2D eigenvalue weighted by atomic mass is 10.0. The summed E-state index contributed by atoms with van der Waals surface area (Å²) in [5, 5.41) is 0. The normalized spacial score (nSPS) is 9.88. The van der Waals surface area contributed by atoms with Crippen LogP contribution >= 0.6 is 0 Å². The summed E-state index contributed by atoms with van der Waals surface area (Å²) in [5.41, 5.74) is 2.04. The van der Waals surface area contributed by atoms with Crippen LogP contribution in [0.2, 0.25) is 0 Å². The van der Waals surface area contributed by atoms with Gasteiger partial charge in [-0.25, -0.2) is 4.79 Å². The predicted molar refractivity (Wildman–Crippen MR) is 63.2 cm³/mol. The Kier molecular flexibility index (Phi) is 4.26. The van der Waals surface area contributed by atoms with E-state index in [1.54, 1.807) is 32.9 Å². The van der Waals surface area contributed by atoms with Gasteiger partial charge in [-0.1, -0.05) is 0 Å². The Morgan fingerprint density at radius 1 is 1.18 bits per heavy atom. The highest BCUT2D eigenvalue weighted by Crippen LogP contribution is 2.24. The third-order valence-corrected chi connectivity index (χ3v) is 2.49. The average Bonchev–Trinajstić information content (AvgIpc) is 2.24. The van der Waals surface area contributed by atoms with Crippen LogP contribution in [0.15, 0.2) is 12.1 Å². The molecule has 0 saturated heterocycles. The fourth-order valence-electron chi connectivity index (χ4n) is 1.49. The Hall–Kier alpha value is -1.84. The maximum absolute atomic E-state index is 11.6. The van der Waals surface area contributed by atoms with Crippen molar-refractivity contribution < 1.29 is 19.1 Å². The van der Waals surface area contributed by atoms with E-state index in [0.29, 0.717) is 17.9 Å². The largest absolute Gasteiger partial charge is 0.462 e. The SMILES string of the molecule is CCOC(=O)c1ccc(OC(C)=O)c(C)c1C. The van der Waals surface area contributed by atoms with Crippen molar-refractivity contribution in [3.05, 3.63) is 28.8 Å². The number of hydrogen-bond donors (Lipinski definition) is 0. The molecule has 4 heteroatoms. The lowest BCUT2D eigenvalue weighted by Crippen LogP contribution is -2.09. The molecule has 17 heavy (non-hydrogen) atoms. The van der Waals surface area contributed by atoms with Crippen molar-refractivity contribution in [1.82, 2.24) is 0 Å². The number of ether oxygens (including phenoxy) is 2. The van der Waals surface area contributed by atoms with Crippen LogP contribution in [0.1, 0.15) is 35.3 Å². The topological polar surface area (TPSA) is 52.6 Å². The van der Waals surface area contributed by atoms with Crippen LogP contribution in [0, 0.1) is 13.8 Å². The Bertz CT molecular complexity index is 449. The Labute approximate surface area is 101 Å². The highest BCUT2D eigenvalue weighted by Gasteiger charge is 2.14. The minimum atomic E-state index is -0.378. The summed E-state index contributed by atoms with van der Waals surface area (Å²) < 4.78 is 9.97. The molecule has 1 aromatic carbocycles. The molecule has 0 unspecified atom stereocenters. The van der Waals surface area contributed by atoms with Crippen molar-refractivity contribution in [1.29, 1.82) is 0 Å². The first-order valence-corrected chi connectivity index (χ1v) is 5.43. The molecule has 0 atom stereocenters. The first kappa shape index (κ1) is 13.2. The molecule has 1 aromatic rings. The summed E-state index contributed by atoms with van der Waals surface area (Å²) in [4.78, 5) is 22.5. The number of rotatable bonds is 3. The van der Waals surface area contributed by atoms with Crippen LogP contribution in [-0.4, -0.2) is 18.5 Å². The molecule has 0 bridgehead atoms. The first-order chi connectivity index (χ1) is 7.97. The van der Waals surface area contributed by atoms with Crippen molar-refractivity contribution in [2.24, 2.45) is 0 Å². The van der Waals surface area contributed by atoms with E-state index in [1.165, 1.54) is 6.92 Å². The average molecular weight is 236 g/mol. The van der Waals surface area contributed by atoms with E-state index < -0.39 is 0 Å². The van der Waals surface area contributed by atoms with E-state index in [-0.39, 0.29) is 11.9 Å². The molecule has 0 radical (unpaired) electrons. The summed E-state index contributed by atoms with van der Waals surface area (Å²) in [6, 6.07) is 3.22. The van der Waals surface area contributed by atoms with Gasteiger partial charge in [-0.05, 0) is 44.0 Å². The quantitative estimate of drug-likeness (QED) is 0.597. The van der Waals surface area contributed by atoms with Gasteiger partial charge in [0.25, 0.3) is 0 Å². The molecular formula is C13H16O4. The van der Waals surface area contributed by atoms with Crippen LogP contribution < -0.4 is 4.74 Å². The lowest BCUT2D eigenvalue weighted by molar-refractivity contribution is -0.131. The second kappa shape index (κ2) is 5.48. The molecule has 0 aliphatic carbocycles. The van der Waals surface area contributed by atoms with Crippen molar-refractivity contribution in [3.63, 3.8) is 0 Å². The van der Waals surface area contributed by atoms with E-state index in [0.717, 1.165) is 11.1 Å². The molecule has 1 rings (SSSR count). The molecule has 0 aliphatic rings. The third-order valence-electron chi connectivity index (χ3n) is 2.49. The monoisotopic (exact) mass is 236 g/mol. The molecule has 0 fully saturated rings. The molecular weight excluding hydrogens is 220 g/mol. The summed E-state index contributed by atoms with van der Waals surface area (Å²) in [6.07, 6.45) is 0. The van der Waals surface area contributed by atoms with E-state index in [1.807, 2.05) is 0 Å². The van der Waals surface area contributed by atoms with Crippen LogP contribution in [0.5, 0.6) is 5.75 Å². The van der Waals surface area contributed by atoms with Gasteiger partial charge in [0, 0.05) is 6.92 Å². The predicted octanol–water partition coefficient (Wildman–Crippen LogP) is 2.41. The smallest absolute Gasteiger partial charge is 0.338 e. The van der Waals surface area contributed by atoms with Crippen molar-refractivity contribution in [2.45, 2.75) is 27.7 Å². The first-order valence-electron chi connectivity index (χ1n) is 5.43. The van der Waals surface area contributed by atoms with Gasteiger partial charge in [-0.15, -0.1) is 0 Å². The summed E-state index contributed by atoms with van der Waals surface area (Å²) in [7, 11) is 0. The molecule has 0 amide bonds. The summed E-state index contributed by atoms with van der Waals surface area (Å²) in [6.45, 7) is 7.04. The fourth-order valence-corrected chi connectivity index (χ4v) is 1.49. The van der Waals surface area contributed by atoms with Gasteiger partial charge in [0.1, 0.15) is 5.75 Å². The van der Waals surface area contributed by atoms with Gasteiger partial charge < -0.3 is 9.47 Å². The highest BCUT2D eigenvalue weighted by atomic mass is 16.5. The number of esters is 2. The molecule has 0 spiro atoms. The van der Waals surface area contributed by atoms with Gasteiger partial charge in [-0.2, -0.15) is 0 Å². The third kappa shape index (κ3) is 3.06. The second-order valence-electron chi connectivity index (χ2n) is 3.68. The standard InChI is InChI=1S/C13H16O4/c1-5-16-13(15)11-6-7-12(17-10(4)14)9(3)8(11)2/h6-7H,5H2,1-4H3. The fraction of sp³-hybridized carbons (Fsp3) is 0.385. The number of carbonyl (C=O) groups is 2. The number of hydrogen-bond acceptors (Lipinski definition) is 4. The zero-order chi connectivity index (χ0) is 13.0. The van der Waals surface area contributed by atoms with Gasteiger partial charge >= 0.3 is 11.9 Å². The Morgan fingerprint density at radius 3 is 2.35 bits per heavy atom. The van der Waals surface area contributed by atoms with Crippen LogP contribution in [0.3, 0.4) is 0 Å². The molecule has 92 valence electrons. The maximum Gasteiger partial charge on any atom is 0.338 e. The van der Waals surface area contributed by atoms with Crippen molar-refractivity contribution >= 4 is 11.9 Å². The van der Waals surface area contributed by atoms with Crippen LogP contribution in [0.4, 0.5) is 0 Å². The molecule has 0 aliphatic heterocycles. The van der Waals surface area contributed by atoms with E-state index in [4.69, 9.17) is 9.47 Å². The second-order valence-corrected chi connectivity index (χ2v) is 3.68. The van der Waals surface area contributed by atoms with Gasteiger partial charge in [0.05, 0.1) is 12.2 Å². The molecule has 0 saturated carbocycles. The van der Waals surface area contributed by atoms with Crippen molar-refractivity contribution in [3.8, 4) is 5.75 Å². The summed E-state index contributed by atoms with van der Waals surface area (Å²) in [5.74, 6) is -0.262. The minimum Gasteiger partial charge on any atom is -0.462 e. The van der Waals surface area contributed by atoms with E-state index in [9.17, 15) is 9.59 Å². The molecule has 0 N–H and O–H groups in total. The van der Waals surface area contributed by atoms with E-state index >= 15 is 0 Å². The highest BCUT2D eigenvalue weighted by molar-refractivity contribution is 5.91. The molecule has 0 heterocycles. The van der Waals surface area contributed by atoms with Gasteiger partial charge in [0.2, 0.25) is 0 Å². The summed E-state index contributed by atoms with van der Waals surface area (Å²) >= 11 is 0. The number of carbonyl (C=O) groups excluding carboxylic acids is 2. The zero-order valence-corrected chi connectivity index (χ0v) is 10.5.